The Morgan fingerprint density at radius 3 is 2.53 bits per heavy atom. The summed E-state index contributed by atoms with van der Waals surface area (Å²) >= 11 is 0. The first kappa shape index (κ1) is 11.9. The van der Waals surface area contributed by atoms with Crippen molar-refractivity contribution >= 4 is 11.6 Å². The van der Waals surface area contributed by atoms with Crippen molar-refractivity contribution < 1.29 is 4.79 Å². The van der Waals surface area contributed by atoms with Crippen molar-refractivity contribution in [3.63, 3.8) is 0 Å². The van der Waals surface area contributed by atoms with Crippen LogP contribution in [-0.2, 0) is 6.42 Å². The molecule has 3 rings (SSSR count). The first-order chi connectivity index (χ1) is 9.25. The predicted molar refractivity (Wildman–Crippen MR) is 76.2 cm³/mol. The van der Waals surface area contributed by atoms with Gasteiger partial charge in [0, 0.05) is 23.8 Å². The van der Waals surface area contributed by atoms with Crippen LogP contribution in [0.15, 0.2) is 54.6 Å². The lowest BCUT2D eigenvalue weighted by Crippen LogP contribution is -2.46. The molecule has 1 heterocycles. The number of anilines is 1. The van der Waals surface area contributed by atoms with Gasteiger partial charge in [-0.2, -0.15) is 0 Å². The Morgan fingerprint density at radius 1 is 1.05 bits per heavy atom. The van der Waals surface area contributed by atoms with E-state index in [1.54, 1.807) is 4.90 Å². The molecule has 1 aliphatic rings. The van der Waals surface area contributed by atoms with Gasteiger partial charge in [-0.3, -0.25) is 4.79 Å². The Bertz CT molecular complexity index is 595. The van der Waals surface area contributed by atoms with Gasteiger partial charge in [0.15, 0.2) is 0 Å². The molecule has 0 aromatic heterocycles. The maximum absolute atomic E-state index is 12.6. The number of para-hydroxylation sites is 1. The normalized spacial score (nSPS) is 17.9. The topological polar surface area (TPSA) is 46.3 Å². The zero-order chi connectivity index (χ0) is 13.2. The summed E-state index contributed by atoms with van der Waals surface area (Å²) in [5.41, 5.74) is 8.89. The van der Waals surface area contributed by atoms with Crippen LogP contribution >= 0.6 is 0 Å². The van der Waals surface area contributed by atoms with E-state index in [1.807, 2.05) is 54.6 Å². The summed E-state index contributed by atoms with van der Waals surface area (Å²) in [5.74, 6) is 0.0169. The van der Waals surface area contributed by atoms with Gasteiger partial charge in [-0.15, -0.1) is 0 Å². The van der Waals surface area contributed by atoms with Crippen molar-refractivity contribution in [1.82, 2.24) is 0 Å². The maximum Gasteiger partial charge on any atom is 0.258 e. The highest BCUT2D eigenvalue weighted by Crippen LogP contribution is 2.27. The minimum atomic E-state index is 0.00237. The van der Waals surface area contributed by atoms with Crippen molar-refractivity contribution in [3.05, 3.63) is 65.7 Å². The molecule has 1 aliphatic heterocycles. The van der Waals surface area contributed by atoms with Gasteiger partial charge >= 0.3 is 0 Å². The van der Waals surface area contributed by atoms with E-state index in [1.165, 1.54) is 0 Å². The second kappa shape index (κ2) is 4.86. The Morgan fingerprint density at radius 2 is 1.74 bits per heavy atom. The van der Waals surface area contributed by atoms with E-state index in [4.69, 9.17) is 5.73 Å². The van der Waals surface area contributed by atoms with E-state index < -0.39 is 0 Å². The molecule has 1 amide bonds. The molecule has 0 bridgehead atoms. The predicted octanol–water partition coefficient (Wildman–Crippen LogP) is 2.22. The number of rotatable bonds is 1. The molecule has 19 heavy (non-hydrogen) atoms. The average Bonchev–Trinajstić information content (AvgIpc) is 2.46. The van der Waals surface area contributed by atoms with Crippen molar-refractivity contribution in [1.29, 1.82) is 0 Å². The number of nitrogens with two attached hydrogens (primary N) is 1. The van der Waals surface area contributed by atoms with E-state index in [2.05, 4.69) is 0 Å². The number of amides is 1. The van der Waals surface area contributed by atoms with Crippen molar-refractivity contribution in [3.8, 4) is 0 Å². The van der Waals surface area contributed by atoms with E-state index in [-0.39, 0.29) is 11.9 Å². The summed E-state index contributed by atoms with van der Waals surface area (Å²) < 4.78 is 0. The molecule has 0 aliphatic carbocycles. The molecule has 0 radical (unpaired) electrons. The zero-order valence-corrected chi connectivity index (χ0v) is 10.6. The van der Waals surface area contributed by atoms with Crippen molar-refractivity contribution in [2.24, 2.45) is 5.73 Å². The van der Waals surface area contributed by atoms with E-state index in [9.17, 15) is 4.79 Å². The number of fused-ring (bicyclic) bond motifs is 1. The minimum Gasteiger partial charge on any atom is -0.326 e. The van der Waals surface area contributed by atoms with Crippen LogP contribution in [0, 0.1) is 0 Å². The van der Waals surface area contributed by atoms with Crippen LogP contribution in [0.4, 0.5) is 5.69 Å². The number of carbonyl (C=O) groups excluding carboxylic acids is 1. The second-order valence-corrected chi connectivity index (χ2v) is 4.87. The molecule has 3 nitrogen and oxygen atoms in total. The van der Waals surface area contributed by atoms with Crippen LogP contribution < -0.4 is 10.6 Å². The van der Waals surface area contributed by atoms with Gasteiger partial charge < -0.3 is 10.6 Å². The highest BCUT2D eigenvalue weighted by atomic mass is 16.2. The molecule has 0 fully saturated rings. The molecular weight excluding hydrogens is 236 g/mol. The molecule has 0 saturated heterocycles. The lowest BCUT2D eigenvalue weighted by atomic mass is 9.97. The molecule has 1 atom stereocenters. The van der Waals surface area contributed by atoms with Crippen molar-refractivity contribution in [2.45, 2.75) is 12.5 Å². The van der Waals surface area contributed by atoms with Gasteiger partial charge in [0.05, 0.1) is 0 Å². The van der Waals surface area contributed by atoms with Gasteiger partial charge in [-0.25, -0.2) is 0 Å². The van der Waals surface area contributed by atoms with Gasteiger partial charge in [-0.1, -0.05) is 36.4 Å². The summed E-state index contributed by atoms with van der Waals surface area (Å²) in [7, 11) is 0. The zero-order valence-electron chi connectivity index (χ0n) is 10.6. The first-order valence-electron chi connectivity index (χ1n) is 6.46. The molecule has 1 unspecified atom stereocenters. The minimum absolute atomic E-state index is 0.00237. The molecule has 0 spiro atoms. The summed E-state index contributed by atoms with van der Waals surface area (Å²) in [6, 6.07) is 17.3. The number of hydrogen-bond acceptors (Lipinski definition) is 2. The van der Waals surface area contributed by atoms with Crippen LogP contribution in [-0.4, -0.2) is 18.5 Å². The first-order valence-corrected chi connectivity index (χ1v) is 6.46. The van der Waals surface area contributed by atoms with Crippen molar-refractivity contribution in [2.75, 3.05) is 11.4 Å². The average molecular weight is 252 g/mol. The van der Waals surface area contributed by atoms with Gasteiger partial charge in [0.1, 0.15) is 0 Å². The fraction of sp³-hybridized carbons (Fsp3) is 0.188. The Hall–Kier alpha value is -2.13. The summed E-state index contributed by atoms with van der Waals surface area (Å²) in [4.78, 5) is 14.4. The Balaban J connectivity index is 1.99. The van der Waals surface area contributed by atoms with E-state index >= 15 is 0 Å². The summed E-state index contributed by atoms with van der Waals surface area (Å²) in [6.07, 6.45) is 0.828. The lowest BCUT2D eigenvalue weighted by Gasteiger charge is -2.33. The number of benzene rings is 2. The Labute approximate surface area is 112 Å². The third kappa shape index (κ3) is 2.25. The fourth-order valence-electron chi connectivity index (χ4n) is 2.56. The van der Waals surface area contributed by atoms with E-state index in [0.717, 1.165) is 17.7 Å². The summed E-state index contributed by atoms with van der Waals surface area (Å²) in [5, 5.41) is 0. The van der Waals surface area contributed by atoms with Gasteiger partial charge in [0.25, 0.3) is 5.91 Å². The molecule has 0 saturated carbocycles. The number of hydrogen-bond donors (Lipinski definition) is 1. The maximum atomic E-state index is 12.6. The van der Waals surface area contributed by atoms with Gasteiger partial charge in [0.2, 0.25) is 0 Å². The molecule has 2 aromatic carbocycles. The van der Waals surface area contributed by atoms with Crippen LogP contribution in [0.25, 0.3) is 0 Å². The molecular formula is C16H16N2O. The molecule has 96 valence electrons. The van der Waals surface area contributed by atoms with Crippen LogP contribution in [0.2, 0.25) is 0 Å². The van der Waals surface area contributed by atoms with Crippen LogP contribution in [0.1, 0.15) is 15.9 Å². The molecule has 3 heteroatoms. The second-order valence-electron chi connectivity index (χ2n) is 4.87. The van der Waals surface area contributed by atoms with Crippen LogP contribution in [0.3, 0.4) is 0 Å². The summed E-state index contributed by atoms with van der Waals surface area (Å²) in [6.45, 7) is 0.574. The standard InChI is InChI=1S/C16H16N2O/c17-14-10-13-8-4-5-9-15(13)18(11-14)16(19)12-6-2-1-3-7-12/h1-9,14H,10-11,17H2. The molecule has 2 N–H and O–H groups in total. The number of carbonyl (C=O) groups is 1. The lowest BCUT2D eigenvalue weighted by molar-refractivity contribution is 0.0983. The molecule has 2 aromatic rings. The SMILES string of the molecule is NC1Cc2ccccc2N(C(=O)c2ccccc2)C1. The smallest absolute Gasteiger partial charge is 0.258 e. The highest BCUT2D eigenvalue weighted by molar-refractivity contribution is 6.06. The number of nitrogens with zero attached hydrogens (tertiary/aromatic N) is 1. The highest BCUT2D eigenvalue weighted by Gasteiger charge is 2.26. The van der Waals surface area contributed by atoms with E-state index in [0.29, 0.717) is 12.1 Å². The largest absolute Gasteiger partial charge is 0.326 e. The monoisotopic (exact) mass is 252 g/mol. The third-order valence-corrected chi connectivity index (χ3v) is 3.45. The van der Waals surface area contributed by atoms with Crippen LogP contribution in [0.5, 0.6) is 0 Å². The van der Waals surface area contributed by atoms with Gasteiger partial charge in [-0.05, 0) is 30.2 Å². The third-order valence-electron chi connectivity index (χ3n) is 3.45. The quantitative estimate of drug-likeness (QED) is 0.846. The fourth-order valence-corrected chi connectivity index (χ4v) is 2.56. The Kier molecular flexibility index (Phi) is 3.05.